The maximum atomic E-state index is 12.7. The van der Waals surface area contributed by atoms with Crippen molar-refractivity contribution in [3.63, 3.8) is 0 Å². The Labute approximate surface area is 143 Å². The molecule has 24 heavy (non-hydrogen) atoms. The number of amides is 2. The number of nitrogens with one attached hydrogen (secondary N) is 1. The lowest BCUT2D eigenvalue weighted by atomic mass is 9.99. The van der Waals surface area contributed by atoms with Crippen molar-refractivity contribution >= 4 is 17.6 Å². The number of carbonyl (C=O) groups excluding carboxylic acids is 2. The van der Waals surface area contributed by atoms with Crippen LogP contribution in [0, 0.1) is 12.8 Å². The lowest BCUT2D eigenvalue weighted by Gasteiger charge is -2.35. The number of rotatable bonds is 6. The van der Waals surface area contributed by atoms with Crippen LogP contribution >= 0.6 is 0 Å². The molecular weight excluding hydrogens is 306 g/mol. The van der Waals surface area contributed by atoms with Gasteiger partial charge in [0.15, 0.2) is 5.82 Å². The molecule has 6 nitrogen and oxygen atoms in total. The summed E-state index contributed by atoms with van der Waals surface area (Å²) in [6.07, 6.45) is 6.46. The maximum Gasteiger partial charge on any atom is 0.245 e. The molecule has 0 radical (unpaired) electrons. The predicted molar refractivity (Wildman–Crippen MR) is 92.5 cm³/mol. The molecule has 0 saturated heterocycles. The summed E-state index contributed by atoms with van der Waals surface area (Å²) in [5.41, 5.74) is -0.399. The van der Waals surface area contributed by atoms with Crippen LogP contribution in [0.2, 0.25) is 0 Å². The Morgan fingerprint density at radius 1 is 1.33 bits per heavy atom. The lowest BCUT2D eigenvalue weighted by molar-refractivity contribution is -0.139. The minimum Gasteiger partial charge on any atom is -0.360 e. The number of anilines is 1. The number of aryl methyl sites for hydroxylation is 1. The van der Waals surface area contributed by atoms with E-state index >= 15 is 0 Å². The normalized spacial score (nSPS) is 15.5. The molecule has 6 heteroatoms. The zero-order valence-corrected chi connectivity index (χ0v) is 15.2. The fraction of sp³-hybridized carbons (Fsp3) is 0.722. The third-order valence-corrected chi connectivity index (χ3v) is 4.55. The Hall–Kier alpha value is -1.85. The summed E-state index contributed by atoms with van der Waals surface area (Å²) < 4.78 is 4.94. The summed E-state index contributed by atoms with van der Waals surface area (Å²) in [5, 5.41) is 6.43. The number of hydrogen-bond acceptors (Lipinski definition) is 4. The minimum atomic E-state index is -0.399. The van der Waals surface area contributed by atoms with Crippen LogP contribution in [0.15, 0.2) is 10.6 Å². The van der Waals surface area contributed by atoms with Gasteiger partial charge in [0.25, 0.3) is 0 Å². The topological polar surface area (TPSA) is 75.4 Å². The zero-order chi connectivity index (χ0) is 17.7. The number of hydrogen-bond donors (Lipinski definition) is 1. The van der Waals surface area contributed by atoms with E-state index in [0.717, 1.165) is 6.42 Å². The molecule has 0 atom stereocenters. The second-order valence-electron chi connectivity index (χ2n) is 7.71. The van der Waals surface area contributed by atoms with Gasteiger partial charge in [-0.2, -0.15) is 0 Å². The third-order valence-electron chi connectivity index (χ3n) is 4.55. The van der Waals surface area contributed by atoms with E-state index in [0.29, 0.717) is 23.9 Å². The largest absolute Gasteiger partial charge is 0.360 e. The SMILES string of the molecule is Cc1cc(NC(=O)CN(C(=O)CCC2CCCC2)C(C)(C)C)no1. The molecule has 0 aromatic carbocycles. The van der Waals surface area contributed by atoms with Gasteiger partial charge in [0, 0.05) is 18.0 Å². The van der Waals surface area contributed by atoms with E-state index < -0.39 is 5.54 Å². The van der Waals surface area contributed by atoms with E-state index in [4.69, 9.17) is 4.52 Å². The molecule has 1 aliphatic rings. The molecule has 2 rings (SSSR count). The van der Waals surface area contributed by atoms with Gasteiger partial charge in [0.2, 0.25) is 11.8 Å². The second kappa shape index (κ2) is 7.81. The molecular formula is C18H29N3O3. The first-order valence-corrected chi connectivity index (χ1v) is 8.79. The number of carbonyl (C=O) groups is 2. The van der Waals surface area contributed by atoms with Crippen molar-refractivity contribution in [3.05, 3.63) is 11.8 Å². The van der Waals surface area contributed by atoms with Gasteiger partial charge < -0.3 is 14.7 Å². The molecule has 0 bridgehead atoms. The van der Waals surface area contributed by atoms with Crippen LogP contribution < -0.4 is 5.32 Å². The Kier molecular flexibility index (Phi) is 6.02. The van der Waals surface area contributed by atoms with Crippen LogP contribution in [0.4, 0.5) is 5.82 Å². The highest BCUT2D eigenvalue weighted by atomic mass is 16.5. The maximum absolute atomic E-state index is 12.7. The van der Waals surface area contributed by atoms with E-state index in [-0.39, 0.29) is 18.4 Å². The molecule has 1 aliphatic carbocycles. The highest BCUT2D eigenvalue weighted by Gasteiger charge is 2.29. The van der Waals surface area contributed by atoms with Crippen LogP contribution in [0.5, 0.6) is 0 Å². The molecule has 0 aliphatic heterocycles. The molecule has 1 saturated carbocycles. The van der Waals surface area contributed by atoms with Crippen molar-refractivity contribution in [3.8, 4) is 0 Å². The summed E-state index contributed by atoms with van der Waals surface area (Å²) in [6.45, 7) is 7.64. The fourth-order valence-corrected chi connectivity index (χ4v) is 3.21. The average Bonchev–Trinajstić information content (AvgIpc) is 3.13. The van der Waals surface area contributed by atoms with Gasteiger partial charge in [-0.25, -0.2) is 0 Å². The summed E-state index contributed by atoms with van der Waals surface area (Å²) >= 11 is 0. The Balaban J connectivity index is 1.91. The first kappa shape index (κ1) is 18.5. The van der Waals surface area contributed by atoms with Crippen molar-refractivity contribution < 1.29 is 14.1 Å². The molecule has 1 aromatic heterocycles. The van der Waals surface area contributed by atoms with Crippen LogP contribution in [0.25, 0.3) is 0 Å². The van der Waals surface area contributed by atoms with E-state index in [9.17, 15) is 9.59 Å². The zero-order valence-electron chi connectivity index (χ0n) is 15.2. The molecule has 1 heterocycles. The quantitative estimate of drug-likeness (QED) is 0.863. The fourth-order valence-electron chi connectivity index (χ4n) is 3.21. The number of nitrogens with zero attached hydrogens (tertiary/aromatic N) is 2. The van der Waals surface area contributed by atoms with Gasteiger partial charge in [-0.05, 0) is 40.0 Å². The molecule has 1 N–H and O–H groups in total. The van der Waals surface area contributed by atoms with Gasteiger partial charge in [0.05, 0.1) is 0 Å². The Morgan fingerprint density at radius 3 is 2.54 bits per heavy atom. The third kappa shape index (κ3) is 5.35. The summed E-state index contributed by atoms with van der Waals surface area (Å²) in [7, 11) is 0. The highest BCUT2D eigenvalue weighted by Crippen LogP contribution is 2.29. The van der Waals surface area contributed by atoms with Crippen molar-refractivity contribution in [1.29, 1.82) is 0 Å². The van der Waals surface area contributed by atoms with Crippen LogP contribution in [0.3, 0.4) is 0 Å². The minimum absolute atomic E-state index is 0.0267. The van der Waals surface area contributed by atoms with Crippen molar-refractivity contribution in [2.45, 2.75) is 71.8 Å². The molecule has 134 valence electrons. The Morgan fingerprint density at radius 2 is 2.00 bits per heavy atom. The first-order chi connectivity index (χ1) is 11.3. The van der Waals surface area contributed by atoms with E-state index in [1.165, 1.54) is 25.7 Å². The van der Waals surface area contributed by atoms with Crippen LogP contribution in [-0.4, -0.2) is 34.0 Å². The monoisotopic (exact) mass is 335 g/mol. The number of aromatic nitrogens is 1. The summed E-state index contributed by atoms with van der Waals surface area (Å²) in [4.78, 5) is 26.6. The second-order valence-corrected chi connectivity index (χ2v) is 7.71. The van der Waals surface area contributed by atoms with Crippen LogP contribution in [0.1, 0.15) is 65.1 Å². The lowest BCUT2D eigenvalue weighted by Crippen LogP contribution is -2.49. The van der Waals surface area contributed by atoms with Gasteiger partial charge in [-0.1, -0.05) is 30.8 Å². The van der Waals surface area contributed by atoms with E-state index in [1.807, 2.05) is 20.8 Å². The molecule has 1 aromatic rings. The standard InChI is InChI=1S/C18H29N3O3/c1-13-11-15(20-24-13)19-16(22)12-21(18(2,3)4)17(23)10-9-14-7-5-6-8-14/h11,14H,5-10,12H2,1-4H3,(H,19,20,22). The predicted octanol–water partition coefficient (Wildman–Crippen LogP) is 3.52. The summed E-state index contributed by atoms with van der Waals surface area (Å²) in [6, 6.07) is 1.65. The first-order valence-electron chi connectivity index (χ1n) is 8.79. The molecule has 0 unspecified atom stereocenters. The van der Waals surface area contributed by atoms with Crippen molar-refractivity contribution in [2.75, 3.05) is 11.9 Å². The van der Waals surface area contributed by atoms with Gasteiger partial charge in [-0.3, -0.25) is 9.59 Å². The van der Waals surface area contributed by atoms with E-state index in [2.05, 4.69) is 10.5 Å². The molecule has 0 spiro atoms. The average molecular weight is 335 g/mol. The molecule has 2 amide bonds. The van der Waals surface area contributed by atoms with Gasteiger partial charge in [-0.15, -0.1) is 0 Å². The van der Waals surface area contributed by atoms with E-state index in [1.54, 1.807) is 17.9 Å². The molecule has 1 fully saturated rings. The Bertz CT molecular complexity index is 568. The smallest absolute Gasteiger partial charge is 0.245 e. The summed E-state index contributed by atoms with van der Waals surface area (Å²) in [5.74, 6) is 1.46. The van der Waals surface area contributed by atoms with Crippen LogP contribution in [-0.2, 0) is 9.59 Å². The van der Waals surface area contributed by atoms with Crippen molar-refractivity contribution in [2.24, 2.45) is 5.92 Å². The van der Waals surface area contributed by atoms with Crippen molar-refractivity contribution in [1.82, 2.24) is 10.1 Å². The highest BCUT2D eigenvalue weighted by molar-refractivity contribution is 5.94. The van der Waals surface area contributed by atoms with Gasteiger partial charge in [0.1, 0.15) is 12.3 Å². The van der Waals surface area contributed by atoms with Gasteiger partial charge >= 0.3 is 0 Å².